The molecule has 0 radical (unpaired) electrons. The topological polar surface area (TPSA) is 75.7 Å². The number of amides is 1. The van der Waals surface area contributed by atoms with Gasteiger partial charge in [-0.05, 0) is 36.8 Å². The molecule has 2 heterocycles. The smallest absolute Gasteiger partial charge is 0.348 e. The fraction of sp³-hybridized carbons (Fsp3) is 0.115. The van der Waals surface area contributed by atoms with E-state index in [1.165, 1.54) is 12.0 Å². The van der Waals surface area contributed by atoms with Crippen LogP contribution in [-0.2, 0) is 19.1 Å². The summed E-state index contributed by atoms with van der Waals surface area (Å²) in [5.74, 6) is -2.22. The number of ether oxygens (including phenoxy) is 1. The predicted molar refractivity (Wildman–Crippen MR) is 128 cm³/mol. The van der Waals surface area contributed by atoms with Crippen LogP contribution in [0, 0.1) is 6.92 Å². The number of nitrogens with zero attached hydrogens (tertiary/aromatic N) is 1. The molecule has 7 heteroatoms. The van der Waals surface area contributed by atoms with Crippen molar-refractivity contribution >= 4 is 46.5 Å². The monoisotopic (exact) mass is 456 g/mol. The molecule has 0 aromatic heterocycles. The summed E-state index contributed by atoms with van der Waals surface area (Å²) in [5.41, 5.74) is 3.38. The van der Waals surface area contributed by atoms with Gasteiger partial charge in [-0.1, -0.05) is 71.9 Å². The lowest BCUT2D eigenvalue weighted by Crippen LogP contribution is -2.51. The van der Waals surface area contributed by atoms with E-state index in [-0.39, 0.29) is 5.57 Å². The van der Waals surface area contributed by atoms with E-state index in [0.717, 1.165) is 23.0 Å². The maximum Gasteiger partial charge on any atom is 0.348 e. The molecule has 0 bridgehead atoms. The molecule has 1 saturated heterocycles. The molecule has 1 N–H and O–H groups in total. The highest BCUT2D eigenvalue weighted by molar-refractivity contribution is 8.02. The van der Waals surface area contributed by atoms with Gasteiger partial charge in [-0.2, -0.15) is 0 Å². The van der Waals surface area contributed by atoms with Crippen molar-refractivity contribution < 1.29 is 19.1 Å². The van der Waals surface area contributed by atoms with Gasteiger partial charge in [0.05, 0.1) is 24.1 Å². The number of aryl methyl sites for hydroxylation is 1. The van der Waals surface area contributed by atoms with Crippen LogP contribution in [0.4, 0.5) is 11.4 Å². The zero-order valence-corrected chi connectivity index (χ0v) is 18.8. The molecule has 3 aromatic carbocycles. The molecular formula is C26H20N2O4S. The summed E-state index contributed by atoms with van der Waals surface area (Å²) < 4.78 is 5.25. The average Bonchev–Trinajstić information content (AvgIpc) is 2.96. The van der Waals surface area contributed by atoms with Crippen molar-refractivity contribution in [2.75, 3.05) is 17.3 Å². The van der Waals surface area contributed by atoms with E-state index < -0.39 is 22.5 Å². The van der Waals surface area contributed by atoms with Gasteiger partial charge in [-0.15, -0.1) is 0 Å². The van der Waals surface area contributed by atoms with Gasteiger partial charge < -0.3 is 10.1 Å². The van der Waals surface area contributed by atoms with Crippen molar-refractivity contribution in [1.82, 2.24) is 0 Å². The molecule has 0 unspecified atom stereocenters. The van der Waals surface area contributed by atoms with E-state index in [9.17, 15) is 14.4 Å². The normalized spacial score (nSPS) is 19.5. The van der Waals surface area contributed by atoms with Crippen LogP contribution in [0.3, 0.4) is 0 Å². The predicted octanol–water partition coefficient (Wildman–Crippen LogP) is 4.41. The quantitative estimate of drug-likeness (QED) is 0.465. The first-order chi connectivity index (χ1) is 16.0. The van der Waals surface area contributed by atoms with Crippen LogP contribution in [0.2, 0.25) is 0 Å². The molecule has 1 fully saturated rings. The van der Waals surface area contributed by atoms with Crippen LogP contribution in [0.25, 0.3) is 5.70 Å². The van der Waals surface area contributed by atoms with Crippen molar-refractivity contribution in [2.24, 2.45) is 0 Å². The average molecular weight is 457 g/mol. The van der Waals surface area contributed by atoms with Crippen molar-refractivity contribution in [3.8, 4) is 0 Å². The lowest BCUT2D eigenvalue weighted by Gasteiger charge is -2.34. The van der Waals surface area contributed by atoms with E-state index in [2.05, 4.69) is 5.32 Å². The number of carbonyl (C=O) groups is 3. The molecule has 6 nitrogen and oxygen atoms in total. The lowest BCUT2D eigenvalue weighted by molar-refractivity contribution is -0.142. The summed E-state index contributed by atoms with van der Waals surface area (Å²) in [7, 11) is 1.27. The minimum Gasteiger partial charge on any atom is -0.466 e. The van der Waals surface area contributed by atoms with Gasteiger partial charge in [0, 0.05) is 10.6 Å². The fourth-order valence-corrected chi connectivity index (χ4v) is 5.64. The first kappa shape index (κ1) is 21.0. The molecule has 2 aliphatic heterocycles. The Balaban J connectivity index is 1.89. The minimum absolute atomic E-state index is 0.0632. The second kappa shape index (κ2) is 7.94. The van der Waals surface area contributed by atoms with Gasteiger partial charge in [-0.25, -0.2) is 4.79 Å². The second-order valence-corrected chi connectivity index (χ2v) is 9.01. The highest BCUT2D eigenvalue weighted by Gasteiger charge is 2.64. The maximum absolute atomic E-state index is 13.6. The molecule has 3 aromatic rings. The van der Waals surface area contributed by atoms with Gasteiger partial charge in [-0.3, -0.25) is 14.5 Å². The number of methoxy groups -OCH3 is 1. The second-order valence-electron chi connectivity index (χ2n) is 7.78. The Bertz CT molecular complexity index is 1320. The molecule has 1 atom stereocenters. The lowest BCUT2D eigenvalue weighted by atomic mass is 9.97. The third kappa shape index (κ3) is 3.15. The molecule has 0 saturated carbocycles. The number of esters is 1. The van der Waals surface area contributed by atoms with Crippen LogP contribution in [0.5, 0.6) is 0 Å². The van der Waals surface area contributed by atoms with Gasteiger partial charge in [0.15, 0.2) is 0 Å². The third-order valence-corrected chi connectivity index (χ3v) is 7.17. The van der Waals surface area contributed by atoms with Gasteiger partial charge >= 0.3 is 11.9 Å². The first-order valence-electron chi connectivity index (χ1n) is 10.4. The molecule has 0 spiro atoms. The highest BCUT2D eigenvalue weighted by atomic mass is 32.2. The van der Waals surface area contributed by atoms with E-state index >= 15 is 0 Å². The van der Waals surface area contributed by atoms with Crippen LogP contribution in [0.15, 0.2) is 89.3 Å². The summed E-state index contributed by atoms with van der Waals surface area (Å²) in [4.78, 5) is 40.9. The Hall–Kier alpha value is -3.84. The number of anilines is 2. The third-order valence-electron chi connectivity index (χ3n) is 5.75. The number of hydrogen-bond acceptors (Lipinski definition) is 6. The summed E-state index contributed by atoms with van der Waals surface area (Å²) in [6.45, 7) is 1.97. The maximum atomic E-state index is 13.6. The number of rotatable bonds is 3. The van der Waals surface area contributed by atoms with E-state index in [1.54, 1.807) is 24.3 Å². The minimum atomic E-state index is -1.73. The largest absolute Gasteiger partial charge is 0.466 e. The standard InChI is InChI=1S/C26H20N2O4S/c1-16-12-14-17(15-13-16)22-21-23(29)24(30)28(18-8-4-3-5-9-18)26(21,25(31)32-2)33-20-11-7-6-10-19(20)27-22/h3-15,27H,1-2H3/t26-/m0/s1. The highest BCUT2D eigenvalue weighted by Crippen LogP contribution is 2.54. The van der Waals surface area contributed by atoms with Crippen LogP contribution in [0.1, 0.15) is 11.1 Å². The van der Waals surface area contributed by atoms with Gasteiger partial charge in [0.1, 0.15) is 0 Å². The van der Waals surface area contributed by atoms with Crippen LogP contribution < -0.4 is 10.2 Å². The Labute approximate surface area is 195 Å². The Morgan fingerprint density at radius 2 is 1.61 bits per heavy atom. The molecular weight excluding hydrogens is 436 g/mol. The summed E-state index contributed by atoms with van der Waals surface area (Å²) >= 11 is 1.13. The van der Waals surface area contributed by atoms with Crippen LogP contribution >= 0.6 is 11.8 Å². The Kier molecular flexibility index (Phi) is 5.06. The first-order valence-corrected chi connectivity index (χ1v) is 11.2. The zero-order chi connectivity index (χ0) is 23.2. The summed E-state index contributed by atoms with van der Waals surface area (Å²) in [6.07, 6.45) is 0. The number of nitrogens with one attached hydrogen (secondary N) is 1. The Morgan fingerprint density at radius 3 is 2.30 bits per heavy atom. The van der Waals surface area contributed by atoms with E-state index in [0.29, 0.717) is 21.8 Å². The number of benzene rings is 3. The molecule has 33 heavy (non-hydrogen) atoms. The van der Waals surface area contributed by atoms with Crippen LogP contribution in [-0.4, -0.2) is 29.6 Å². The summed E-state index contributed by atoms with van der Waals surface area (Å²) in [6, 6.07) is 23.8. The Morgan fingerprint density at radius 1 is 0.939 bits per heavy atom. The number of thioether (sulfide) groups is 1. The van der Waals surface area contributed by atoms with Crippen molar-refractivity contribution in [2.45, 2.75) is 16.7 Å². The van der Waals surface area contributed by atoms with E-state index in [1.807, 2.05) is 61.5 Å². The van der Waals surface area contributed by atoms with Crippen molar-refractivity contribution in [3.05, 3.63) is 95.6 Å². The van der Waals surface area contributed by atoms with Gasteiger partial charge in [0.2, 0.25) is 4.87 Å². The number of hydrogen-bond donors (Lipinski definition) is 1. The molecule has 164 valence electrons. The number of Topliss-reactive ketones (excluding diaryl/α,β-unsaturated/α-hetero) is 1. The van der Waals surface area contributed by atoms with Gasteiger partial charge in [0.25, 0.3) is 5.78 Å². The molecule has 0 aliphatic carbocycles. The molecule has 2 aliphatic rings. The number of para-hydroxylation sites is 2. The zero-order valence-electron chi connectivity index (χ0n) is 18.0. The SMILES string of the molecule is COC(=O)[C@@]12Sc3ccccc3NC(c3ccc(C)cc3)=C1C(=O)C(=O)N2c1ccccc1. The number of ketones is 1. The number of fused-ring (bicyclic) bond motifs is 2. The van der Waals surface area contributed by atoms with Crippen molar-refractivity contribution in [1.29, 1.82) is 0 Å². The molecule has 1 amide bonds. The molecule has 5 rings (SSSR count). The number of carbonyl (C=O) groups excluding carboxylic acids is 3. The van der Waals surface area contributed by atoms with Crippen molar-refractivity contribution in [3.63, 3.8) is 0 Å². The summed E-state index contributed by atoms with van der Waals surface area (Å²) in [5, 5.41) is 3.34. The van der Waals surface area contributed by atoms with E-state index in [4.69, 9.17) is 4.74 Å². The fourth-order valence-electron chi connectivity index (χ4n) is 4.20.